The van der Waals surface area contributed by atoms with Crippen molar-refractivity contribution in [1.82, 2.24) is 10.3 Å². The zero-order valence-corrected chi connectivity index (χ0v) is 11.8. The van der Waals surface area contributed by atoms with Crippen molar-refractivity contribution in [3.05, 3.63) is 42.1 Å². The molecule has 100 valence electrons. The van der Waals surface area contributed by atoms with Gasteiger partial charge in [-0.1, -0.05) is 32.0 Å². The Labute approximate surface area is 115 Å². The molecule has 1 aromatic carbocycles. The minimum Gasteiger partial charge on any atom is -0.309 e. The summed E-state index contributed by atoms with van der Waals surface area (Å²) in [5.74, 6) is 0. The highest BCUT2D eigenvalue weighted by Crippen LogP contribution is 2.54. The lowest BCUT2D eigenvalue weighted by Crippen LogP contribution is -2.28. The minimum atomic E-state index is 0.430. The van der Waals surface area contributed by atoms with Gasteiger partial charge in [0.05, 0.1) is 5.52 Å². The fraction of sp³-hybridized carbons (Fsp3) is 0.471. The summed E-state index contributed by atoms with van der Waals surface area (Å²) in [6.07, 6.45) is 5.87. The molecule has 2 nitrogen and oxygen atoms in total. The van der Waals surface area contributed by atoms with Crippen LogP contribution in [0.25, 0.3) is 10.9 Å². The van der Waals surface area contributed by atoms with Gasteiger partial charge in [-0.05, 0) is 48.9 Å². The van der Waals surface area contributed by atoms with Crippen LogP contribution in [-0.2, 0) is 0 Å². The molecule has 0 spiro atoms. The van der Waals surface area contributed by atoms with Crippen molar-refractivity contribution in [1.29, 1.82) is 0 Å². The maximum Gasteiger partial charge on any atom is 0.0702 e. The Morgan fingerprint density at radius 2 is 2.11 bits per heavy atom. The number of nitrogens with one attached hydrogen (secondary N) is 1. The molecule has 1 unspecified atom stereocenters. The smallest absolute Gasteiger partial charge is 0.0702 e. The molecule has 1 fully saturated rings. The molecule has 1 heterocycles. The van der Waals surface area contributed by atoms with Gasteiger partial charge in [0.1, 0.15) is 0 Å². The monoisotopic (exact) mass is 254 g/mol. The predicted octanol–water partition coefficient (Wildman–Crippen LogP) is 4.08. The molecule has 19 heavy (non-hydrogen) atoms. The van der Waals surface area contributed by atoms with Crippen molar-refractivity contribution < 1.29 is 0 Å². The zero-order chi connectivity index (χ0) is 13.3. The first-order valence-corrected chi connectivity index (χ1v) is 7.31. The van der Waals surface area contributed by atoms with Crippen LogP contribution >= 0.6 is 0 Å². The third-order valence-corrected chi connectivity index (χ3v) is 4.28. The van der Waals surface area contributed by atoms with E-state index in [1.165, 1.54) is 30.2 Å². The number of hydrogen-bond donors (Lipinski definition) is 1. The summed E-state index contributed by atoms with van der Waals surface area (Å²) in [5, 5.41) is 4.96. The molecular formula is C17H22N2. The summed E-state index contributed by atoms with van der Waals surface area (Å²) in [7, 11) is 0. The van der Waals surface area contributed by atoms with Crippen LogP contribution in [0.4, 0.5) is 0 Å². The lowest BCUT2D eigenvalue weighted by atomic mass is 9.92. The number of benzene rings is 1. The van der Waals surface area contributed by atoms with Gasteiger partial charge in [-0.15, -0.1) is 0 Å². The summed E-state index contributed by atoms with van der Waals surface area (Å²) < 4.78 is 0. The molecule has 1 aromatic heterocycles. The standard InChI is InChI=1S/C17H22N2/c1-3-10-18-16(17(2)8-9-17)14-11-13-6-4-5-7-15(13)19-12-14/h4-7,11-12,16,18H,3,8-10H2,1-2H3. The van der Waals surface area contributed by atoms with E-state index in [1.54, 1.807) is 0 Å². The van der Waals surface area contributed by atoms with Crippen molar-refractivity contribution in [3.63, 3.8) is 0 Å². The maximum absolute atomic E-state index is 4.61. The first kappa shape index (κ1) is 12.6. The molecule has 2 heteroatoms. The number of nitrogens with zero attached hydrogens (tertiary/aromatic N) is 1. The van der Waals surface area contributed by atoms with E-state index in [4.69, 9.17) is 0 Å². The summed E-state index contributed by atoms with van der Waals surface area (Å²) in [6.45, 7) is 5.68. The van der Waals surface area contributed by atoms with Crippen LogP contribution in [0.1, 0.15) is 44.7 Å². The van der Waals surface area contributed by atoms with Crippen LogP contribution in [0.2, 0.25) is 0 Å². The Morgan fingerprint density at radius 3 is 2.84 bits per heavy atom. The highest BCUT2D eigenvalue weighted by atomic mass is 14.9. The van der Waals surface area contributed by atoms with Crippen LogP contribution in [-0.4, -0.2) is 11.5 Å². The van der Waals surface area contributed by atoms with E-state index < -0.39 is 0 Å². The SMILES string of the molecule is CCCNC(c1cnc2ccccc2c1)C1(C)CC1. The van der Waals surface area contributed by atoms with E-state index in [0.717, 1.165) is 12.1 Å². The molecular weight excluding hydrogens is 232 g/mol. The quantitative estimate of drug-likeness (QED) is 0.869. The van der Waals surface area contributed by atoms with Crippen LogP contribution in [0.3, 0.4) is 0 Å². The van der Waals surface area contributed by atoms with Crippen molar-refractivity contribution in [2.75, 3.05) is 6.54 Å². The molecule has 3 rings (SSSR count). The Hall–Kier alpha value is -1.41. The zero-order valence-electron chi connectivity index (χ0n) is 11.8. The van der Waals surface area contributed by atoms with E-state index in [9.17, 15) is 0 Å². The molecule has 0 saturated heterocycles. The molecule has 1 aliphatic rings. The minimum absolute atomic E-state index is 0.430. The topological polar surface area (TPSA) is 24.9 Å². The van der Waals surface area contributed by atoms with Crippen LogP contribution in [0.15, 0.2) is 36.5 Å². The summed E-state index contributed by atoms with van der Waals surface area (Å²) in [5.41, 5.74) is 2.85. The lowest BCUT2D eigenvalue weighted by molar-refractivity contribution is 0.366. The fourth-order valence-corrected chi connectivity index (χ4v) is 2.79. The molecule has 0 bridgehead atoms. The first-order chi connectivity index (χ1) is 9.23. The molecule has 0 radical (unpaired) electrons. The first-order valence-electron chi connectivity index (χ1n) is 7.31. The predicted molar refractivity (Wildman–Crippen MR) is 80.1 cm³/mol. The molecule has 1 aliphatic carbocycles. The molecule has 0 aliphatic heterocycles. The number of rotatable bonds is 5. The molecule has 0 amide bonds. The average molecular weight is 254 g/mol. The van der Waals surface area contributed by atoms with E-state index in [-0.39, 0.29) is 0 Å². The molecule has 1 saturated carbocycles. The summed E-state index contributed by atoms with van der Waals surface area (Å²) in [6, 6.07) is 11.1. The lowest BCUT2D eigenvalue weighted by Gasteiger charge is -2.25. The normalized spacial score (nSPS) is 18.4. The van der Waals surface area contributed by atoms with Gasteiger partial charge in [0, 0.05) is 17.6 Å². The fourth-order valence-electron chi connectivity index (χ4n) is 2.79. The largest absolute Gasteiger partial charge is 0.309 e. The van der Waals surface area contributed by atoms with Gasteiger partial charge in [-0.25, -0.2) is 0 Å². The van der Waals surface area contributed by atoms with Crippen molar-refractivity contribution in [3.8, 4) is 0 Å². The highest BCUT2D eigenvalue weighted by Gasteiger charge is 2.45. The van der Waals surface area contributed by atoms with Crippen LogP contribution < -0.4 is 5.32 Å². The van der Waals surface area contributed by atoms with Gasteiger partial charge in [-0.2, -0.15) is 0 Å². The molecule has 2 aromatic rings. The Balaban J connectivity index is 1.95. The maximum atomic E-state index is 4.61. The third kappa shape index (κ3) is 2.50. The number of aromatic nitrogens is 1. The van der Waals surface area contributed by atoms with Gasteiger partial charge < -0.3 is 5.32 Å². The Morgan fingerprint density at radius 1 is 1.32 bits per heavy atom. The Bertz CT molecular complexity index is 572. The number of hydrogen-bond acceptors (Lipinski definition) is 2. The number of pyridine rings is 1. The number of para-hydroxylation sites is 1. The van der Waals surface area contributed by atoms with Gasteiger partial charge >= 0.3 is 0 Å². The van der Waals surface area contributed by atoms with Crippen molar-refractivity contribution >= 4 is 10.9 Å². The van der Waals surface area contributed by atoms with Crippen LogP contribution in [0.5, 0.6) is 0 Å². The van der Waals surface area contributed by atoms with E-state index >= 15 is 0 Å². The number of fused-ring (bicyclic) bond motifs is 1. The van der Waals surface area contributed by atoms with Gasteiger partial charge in [0.2, 0.25) is 0 Å². The van der Waals surface area contributed by atoms with Crippen LogP contribution in [0, 0.1) is 5.41 Å². The molecule has 1 N–H and O–H groups in total. The Kier molecular flexibility index (Phi) is 3.28. The van der Waals surface area contributed by atoms with E-state index in [2.05, 4.69) is 54.6 Å². The third-order valence-electron chi connectivity index (χ3n) is 4.28. The summed E-state index contributed by atoms with van der Waals surface area (Å²) in [4.78, 5) is 4.61. The molecule has 1 atom stereocenters. The second-order valence-corrected chi connectivity index (χ2v) is 6.00. The summed E-state index contributed by atoms with van der Waals surface area (Å²) >= 11 is 0. The van der Waals surface area contributed by atoms with Crippen molar-refractivity contribution in [2.24, 2.45) is 5.41 Å². The van der Waals surface area contributed by atoms with Gasteiger partial charge in [-0.3, -0.25) is 4.98 Å². The average Bonchev–Trinajstić information content (AvgIpc) is 3.18. The van der Waals surface area contributed by atoms with Gasteiger partial charge in [0.25, 0.3) is 0 Å². The van der Waals surface area contributed by atoms with Crippen molar-refractivity contribution in [2.45, 2.75) is 39.2 Å². The van der Waals surface area contributed by atoms with E-state index in [0.29, 0.717) is 11.5 Å². The second kappa shape index (κ2) is 4.93. The van der Waals surface area contributed by atoms with Gasteiger partial charge in [0.15, 0.2) is 0 Å². The second-order valence-electron chi connectivity index (χ2n) is 6.00. The highest BCUT2D eigenvalue weighted by molar-refractivity contribution is 5.78. The van der Waals surface area contributed by atoms with E-state index in [1.807, 2.05) is 6.07 Å².